The number of carbonyl (C=O) groups is 1. The van der Waals surface area contributed by atoms with Gasteiger partial charge in [-0.3, -0.25) is 14.2 Å². The minimum absolute atomic E-state index is 0.149. The van der Waals surface area contributed by atoms with Crippen molar-refractivity contribution in [2.24, 2.45) is 7.05 Å². The fourth-order valence-corrected chi connectivity index (χ4v) is 2.20. The molecule has 0 spiro atoms. The number of nitrogens with zero attached hydrogens (tertiary/aromatic N) is 4. The van der Waals surface area contributed by atoms with Crippen molar-refractivity contribution in [3.63, 3.8) is 0 Å². The Balaban J connectivity index is 1.92. The van der Waals surface area contributed by atoms with Gasteiger partial charge in [0.15, 0.2) is 0 Å². The zero-order chi connectivity index (χ0) is 14.5. The second kappa shape index (κ2) is 6.51. The average Bonchev–Trinajstić information content (AvgIpc) is 3.00. The van der Waals surface area contributed by atoms with Crippen LogP contribution in [0.3, 0.4) is 0 Å². The van der Waals surface area contributed by atoms with Crippen LogP contribution in [0.1, 0.15) is 18.2 Å². The number of rotatable bonds is 5. The predicted molar refractivity (Wildman–Crippen MR) is 79.7 cm³/mol. The number of amides is 1. The van der Waals surface area contributed by atoms with Crippen molar-refractivity contribution >= 4 is 27.9 Å². The number of halogens is 1. The van der Waals surface area contributed by atoms with E-state index in [4.69, 9.17) is 0 Å². The molecule has 0 radical (unpaired) electrons. The van der Waals surface area contributed by atoms with E-state index in [1.165, 1.54) is 6.08 Å². The molecule has 106 valence electrons. The van der Waals surface area contributed by atoms with Crippen LogP contribution in [0.4, 0.5) is 0 Å². The summed E-state index contributed by atoms with van der Waals surface area (Å²) >= 11 is 3.42. The van der Waals surface area contributed by atoms with Crippen molar-refractivity contribution < 1.29 is 4.79 Å². The maximum absolute atomic E-state index is 11.8. The lowest BCUT2D eigenvalue weighted by Crippen LogP contribution is -2.22. The Morgan fingerprint density at radius 3 is 2.90 bits per heavy atom. The first kappa shape index (κ1) is 14.5. The number of carbonyl (C=O) groups excluding carboxylic acids is 1. The maximum atomic E-state index is 11.8. The average molecular weight is 338 g/mol. The number of aromatic nitrogens is 4. The van der Waals surface area contributed by atoms with Crippen molar-refractivity contribution in [3.05, 3.63) is 40.4 Å². The first-order valence-corrected chi connectivity index (χ1v) is 7.04. The third-order valence-electron chi connectivity index (χ3n) is 2.78. The molecule has 0 bridgehead atoms. The molecule has 0 aliphatic rings. The number of hydrogen-bond donors (Lipinski definition) is 1. The quantitative estimate of drug-likeness (QED) is 0.845. The Labute approximate surface area is 125 Å². The molecular weight excluding hydrogens is 322 g/mol. The lowest BCUT2D eigenvalue weighted by atomic mass is 10.3. The van der Waals surface area contributed by atoms with E-state index >= 15 is 0 Å². The standard InChI is InChI=1S/C13H16BrN5O/c1-3-19-12(11(14)7-17-19)8-15-13(20)5-4-10-6-16-18(2)9-10/h4-7,9H,3,8H2,1-2H3,(H,15,20)/b5-4+. The van der Waals surface area contributed by atoms with Gasteiger partial charge in [-0.15, -0.1) is 0 Å². The van der Waals surface area contributed by atoms with Gasteiger partial charge < -0.3 is 5.32 Å². The van der Waals surface area contributed by atoms with Crippen LogP contribution in [0.15, 0.2) is 29.1 Å². The summed E-state index contributed by atoms with van der Waals surface area (Å²) < 4.78 is 4.43. The molecule has 0 fully saturated rings. The molecule has 0 saturated carbocycles. The largest absolute Gasteiger partial charge is 0.347 e. The molecule has 2 aromatic rings. The molecule has 6 nitrogen and oxygen atoms in total. The summed E-state index contributed by atoms with van der Waals surface area (Å²) in [6.45, 7) is 3.21. The van der Waals surface area contributed by atoms with E-state index in [2.05, 4.69) is 31.4 Å². The molecule has 0 unspecified atom stereocenters. The number of nitrogens with one attached hydrogen (secondary N) is 1. The molecule has 20 heavy (non-hydrogen) atoms. The van der Waals surface area contributed by atoms with Gasteiger partial charge in [-0.05, 0) is 28.9 Å². The molecular formula is C13H16BrN5O. The van der Waals surface area contributed by atoms with E-state index < -0.39 is 0 Å². The van der Waals surface area contributed by atoms with Crippen molar-refractivity contribution in [3.8, 4) is 0 Å². The lowest BCUT2D eigenvalue weighted by Gasteiger charge is -2.06. The maximum Gasteiger partial charge on any atom is 0.244 e. The highest BCUT2D eigenvalue weighted by molar-refractivity contribution is 9.10. The van der Waals surface area contributed by atoms with Gasteiger partial charge in [0.25, 0.3) is 0 Å². The smallest absolute Gasteiger partial charge is 0.244 e. The zero-order valence-electron chi connectivity index (χ0n) is 11.4. The van der Waals surface area contributed by atoms with Crippen molar-refractivity contribution in [1.29, 1.82) is 0 Å². The van der Waals surface area contributed by atoms with Gasteiger partial charge in [-0.2, -0.15) is 10.2 Å². The summed E-state index contributed by atoms with van der Waals surface area (Å²) in [7, 11) is 1.83. The fraction of sp³-hybridized carbons (Fsp3) is 0.308. The Morgan fingerprint density at radius 1 is 1.45 bits per heavy atom. The summed E-state index contributed by atoms with van der Waals surface area (Å²) in [5, 5.41) is 11.1. The van der Waals surface area contributed by atoms with Gasteiger partial charge in [0.2, 0.25) is 5.91 Å². The molecule has 2 aromatic heterocycles. The molecule has 1 N–H and O–H groups in total. The van der Waals surface area contributed by atoms with Crippen LogP contribution < -0.4 is 5.32 Å². The third kappa shape index (κ3) is 3.57. The molecule has 0 saturated heterocycles. The van der Waals surface area contributed by atoms with Crippen LogP contribution in [0.5, 0.6) is 0 Å². The van der Waals surface area contributed by atoms with Gasteiger partial charge in [0, 0.05) is 31.4 Å². The van der Waals surface area contributed by atoms with Gasteiger partial charge in [-0.1, -0.05) is 0 Å². The minimum atomic E-state index is -0.149. The normalized spacial score (nSPS) is 11.2. The van der Waals surface area contributed by atoms with Crippen molar-refractivity contribution in [2.75, 3.05) is 0 Å². The Morgan fingerprint density at radius 2 is 2.25 bits per heavy atom. The van der Waals surface area contributed by atoms with Crippen LogP contribution in [0.2, 0.25) is 0 Å². The first-order valence-electron chi connectivity index (χ1n) is 6.25. The zero-order valence-corrected chi connectivity index (χ0v) is 13.0. The van der Waals surface area contributed by atoms with Crippen LogP contribution in [0.25, 0.3) is 6.08 Å². The van der Waals surface area contributed by atoms with E-state index in [1.807, 2.05) is 24.9 Å². The van der Waals surface area contributed by atoms with Gasteiger partial charge >= 0.3 is 0 Å². The molecule has 0 aromatic carbocycles. The highest BCUT2D eigenvalue weighted by Gasteiger charge is 2.08. The lowest BCUT2D eigenvalue weighted by molar-refractivity contribution is -0.116. The topological polar surface area (TPSA) is 64.7 Å². The molecule has 0 aliphatic heterocycles. The van der Waals surface area contributed by atoms with Crippen LogP contribution in [-0.4, -0.2) is 25.5 Å². The summed E-state index contributed by atoms with van der Waals surface area (Å²) in [4.78, 5) is 11.8. The highest BCUT2D eigenvalue weighted by atomic mass is 79.9. The highest BCUT2D eigenvalue weighted by Crippen LogP contribution is 2.15. The second-order valence-electron chi connectivity index (χ2n) is 4.25. The monoisotopic (exact) mass is 337 g/mol. The Hall–Kier alpha value is -1.89. The van der Waals surface area contributed by atoms with E-state index in [1.54, 1.807) is 23.2 Å². The number of hydrogen-bond acceptors (Lipinski definition) is 3. The molecule has 0 atom stereocenters. The molecule has 2 rings (SSSR count). The molecule has 2 heterocycles. The Kier molecular flexibility index (Phi) is 4.73. The van der Waals surface area contributed by atoms with Crippen LogP contribution >= 0.6 is 15.9 Å². The van der Waals surface area contributed by atoms with Crippen LogP contribution in [-0.2, 0) is 24.9 Å². The summed E-state index contributed by atoms with van der Waals surface area (Å²) in [6.07, 6.45) is 8.50. The SMILES string of the molecule is CCn1ncc(Br)c1CNC(=O)/C=C/c1cnn(C)c1. The fourth-order valence-electron chi connectivity index (χ4n) is 1.76. The van der Waals surface area contributed by atoms with E-state index in [-0.39, 0.29) is 5.91 Å². The van der Waals surface area contributed by atoms with Crippen molar-refractivity contribution in [2.45, 2.75) is 20.0 Å². The summed E-state index contributed by atoms with van der Waals surface area (Å²) in [5.74, 6) is -0.149. The molecule has 0 aliphatic carbocycles. The van der Waals surface area contributed by atoms with Gasteiger partial charge in [0.05, 0.1) is 29.1 Å². The summed E-state index contributed by atoms with van der Waals surface area (Å²) in [6, 6.07) is 0. The molecule has 7 heteroatoms. The van der Waals surface area contributed by atoms with Gasteiger partial charge in [-0.25, -0.2) is 0 Å². The third-order valence-corrected chi connectivity index (χ3v) is 3.44. The number of aryl methyl sites for hydroxylation is 2. The first-order chi connectivity index (χ1) is 9.60. The molecule has 1 amide bonds. The minimum Gasteiger partial charge on any atom is -0.347 e. The Bertz CT molecular complexity index is 628. The van der Waals surface area contributed by atoms with E-state index in [0.29, 0.717) is 6.54 Å². The van der Waals surface area contributed by atoms with Gasteiger partial charge in [0.1, 0.15) is 0 Å². The van der Waals surface area contributed by atoms with Crippen molar-refractivity contribution in [1.82, 2.24) is 24.9 Å². The van der Waals surface area contributed by atoms with E-state index in [0.717, 1.165) is 22.3 Å². The second-order valence-corrected chi connectivity index (χ2v) is 5.11. The van der Waals surface area contributed by atoms with E-state index in [9.17, 15) is 4.79 Å². The predicted octanol–water partition coefficient (Wildman–Crippen LogP) is 1.73. The summed E-state index contributed by atoms with van der Waals surface area (Å²) in [5.41, 5.74) is 1.85. The van der Waals surface area contributed by atoms with Crippen LogP contribution in [0, 0.1) is 0 Å².